The summed E-state index contributed by atoms with van der Waals surface area (Å²) in [6, 6.07) is 23.7. The van der Waals surface area contributed by atoms with E-state index in [2.05, 4.69) is 22.0 Å². The van der Waals surface area contributed by atoms with Crippen LogP contribution in [0.1, 0.15) is 22.8 Å². The average Bonchev–Trinajstić information content (AvgIpc) is 3.23. The summed E-state index contributed by atoms with van der Waals surface area (Å²) in [5, 5.41) is 0.846. The van der Waals surface area contributed by atoms with Crippen molar-refractivity contribution in [1.29, 1.82) is 0 Å². The number of fused-ring (bicyclic) bond motifs is 2. The number of hydrogen-bond acceptors (Lipinski definition) is 3. The third kappa shape index (κ3) is 3.70. The molecule has 31 heavy (non-hydrogen) atoms. The number of hydrogen-bond donors (Lipinski definition) is 0. The van der Waals surface area contributed by atoms with E-state index in [-0.39, 0.29) is 5.91 Å². The summed E-state index contributed by atoms with van der Waals surface area (Å²) in [5.74, 6) is 0.823. The Hall–Kier alpha value is -3.18. The summed E-state index contributed by atoms with van der Waals surface area (Å²) in [4.78, 5) is 20.4. The van der Waals surface area contributed by atoms with E-state index >= 15 is 0 Å². The number of pyridine rings is 1. The molecule has 2 heterocycles. The molecule has 0 atom stereocenters. The van der Waals surface area contributed by atoms with Crippen LogP contribution in [0.5, 0.6) is 5.75 Å². The second kappa shape index (κ2) is 8.16. The van der Waals surface area contributed by atoms with Crippen molar-refractivity contribution in [3.05, 3.63) is 88.4 Å². The number of nitrogens with zero attached hydrogens (tertiary/aromatic N) is 2. The van der Waals surface area contributed by atoms with E-state index in [0.29, 0.717) is 18.7 Å². The van der Waals surface area contributed by atoms with Crippen LogP contribution in [-0.2, 0) is 6.42 Å². The van der Waals surface area contributed by atoms with Gasteiger partial charge in [0.2, 0.25) is 0 Å². The first-order chi connectivity index (χ1) is 15.1. The summed E-state index contributed by atoms with van der Waals surface area (Å²) in [6.07, 6.45) is 0.875. The van der Waals surface area contributed by atoms with Gasteiger partial charge in [-0.25, -0.2) is 4.98 Å². The van der Waals surface area contributed by atoms with Crippen molar-refractivity contribution < 1.29 is 9.53 Å². The highest BCUT2D eigenvalue weighted by atomic mass is 79.9. The summed E-state index contributed by atoms with van der Waals surface area (Å²) < 4.78 is 6.48. The van der Waals surface area contributed by atoms with E-state index < -0.39 is 0 Å². The molecule has 4 aromatic rings. The molecule has 0 saturated heterocycles. The third-order valence-electron chi connectivity index (χ3n) is 5.59. The van der Waals surface area contributed by atoms with Gasteiger partial charge in [0.1, 0.15) is 5.75 Å². The van der Waals surface area contributed by atoms with Crippen LogP contribution in [-0.4, -0.2) is 24.0 Å². The van der Waals surface area contributed by atoms with Crippen LogP contribution in [0.3, 0.4) is 0 Å². The second-order valence-corrected chi connectivity index (χ2v) is 8.43. The Morgan fingerprint density at radius 3 is 2.68 bits per heavy atom. The molecule has 1 aliphatic heterocycles. The van der Waals surface area contributed by atoms with Crippen molar-refractivity contribution in [2.24, 2.45) is 0 Å². The lowest BCUT2D eigenvalue weighted by Gasteiger charge is -2.19. The Balaban J connectivity index is 1.63. The number of rotatable bonds is 4. The predicted molar refractivity (Wildman–Crippen MR) is 128 cm³/mol. The maximum atomic E-state index is 13.7. The molecule has 154 valence electrons. The van der Waals surface area contributed by atoms with Gasteiger partial charge in [0.15, 0.2) is 0 Å². The summed E-state index contributed by atoms with van der Waals surface area (Å²) in [6.45, 7) is 3.28. The SMILES string of the molecule is CCOc1ccc(-c2cc(C(=O)N3CCc4ccccc43)c3cc(Br)ccc3n2)cc1. The monoisotopic (exact) mass is 472 g/mol. The maximum absolute atomic E-state index is 13.7. The van der Waals surface area contributed by atoms with Crippen molar-refractivity contribution >= 4 is 38.4 Å². The molecular formula is C26H21BrN2O2. The van der Waals surface area contributed by atoms with Crippen molar-refractivity contribution in [1.82, 2.24) is 4.98 Å². The molecule has 0 spiro atoms. The lowest BCUT2D eigenvalue weighted by Crippen LogP contribution is -2.29. The molecule has 0 aliphatic carbocycles. The zero-order chi connectivity index (χ0) is 21.4. The van der Waals surface area contributed by atoms with Gasteiger partial charge in [-0.15, -0.1) is 0 Å². The van der Waals surface area contributed by atoms with Gasteiger partial charge < -0.3 is 9.64 Å². The number of benzene rings is 3. The Kier molecular flexibility index (Phi) is 5.20. The Labute approximate surface area is 189 Å². The zero-order valence-electron chi connectivity index (χ0n) is 17.1. The Morgan fingerprint density at radius 2 is 1.87 bits per heavy atom. The summed E-state index contributed by atoms with van der Waals surface area (Å²) in [5.41, 5.74) is 5.38. The van der Waals surface area contributed by atoms with Gasteiger partial charge in [0, 0.05) is 27.7 Å². The molecule has 3 aromatic carbocycles. The molecule has 1 amide bonds. The first-order valence-electron chi connectivity index (χ1n) is 10.4. The molecule has 0 fully saturated rings. The fourth-order valence-electron chi connectivity index (χ4n) is 4.11. The van der Waals surface area contributed by atoms with Crippen LogP contribution in [0.2, 0.25) is 0 Å². The van der Waals surface area contributed by atoms with Crippen LogP contribution in [0.15, 0.2) is 77.3 Å². The maximum Gasteiger partial charge on any atom is 0.259 e. The highest BCUT2D eigenvalue weighted by molar-refractivity contribution is 9.10. The van der Waals surface area contributed by atoms with Gasteiger partial charge in [0.25, 0.3) is 5.91 Å². The van der Waals surface area contributed by atoms with Gasteiger partial charge in [-0.05, 0) is 73.5 Å². The first kappa shape index (κ1) is 19.8. The van der Waals surface area contributed by atoms with Crippen molar-refractivity contribution in [2.75, 3.05) is 18.1 Å². The molecule has 1 aromatic heterocycles. The van der Waals surface area contributed by atoms with Gasteiger partial charge in [-0.3, -0.25) is 4.79 Å². The number of anilines is 1. The van der Waals surface area contributed by atoms with Gasteiger partial charge in [-0.1, -0.05) is 34.1 Å². The van der Waals surface area contributed by atoms with Gasteiger partial charge in [0.05, 0.1) is 23.4 Å². The van der Waals surface area contributed by atoms with Gasteiger partial charge >= 0.3 is 0 Å². The lowest BCUT2D eigenvalue weighted by atomic mass is 10.0. The quantitative estimate of drug-likeness (QED) is 0.351. The average molecular weight is 473 g/mol. The Morgan fingerprint density at radius 1 is 1.06 bits per heavy atom. The molecular weight excluding hydrogens is 452 g/mol. The van der Waals surface area contributed by atoms with Crippen molar-refractivity contribution in [3.8, 4) is 17.0 Å². The number of halogens is 1. The summed E-state index contributed by atoms with van der Waals surface area (Å²) >= 11 is 3.54. The highest BCUT2D eigenvalue weighted by Gasteiger charge is 2.27. The standard InChI is InChI=1S/C26H21BrN2O2/c1-2-31-20-10-7-17(8-11-20)24-16-22(21-15-19(27)9-12-23(21)28-24)26(30)29-14-13-18-5-3-4-6-25(18)29/h3-12,15-16H,2,13-14H2,1H3. The van der Waals surface area contributed by atoms with E-state index in [1.807, 2.05) is 78.6 Å². The minimum Gasteiger partial charge on any atom is -0.494 e. The van der Waals surface area contributed by atoms with E-state index in [0.717, 1.165) is 44.5 Å². The number of carbonyl (C=O) groups is 1. The number of para-hydroxylation sites is 1. The number of ether oxygens (including phenoxy) is 1. The molecule has 0 radical (unpaired) electrons. The highest BCUT2D eigenvalue weighted by Crippen LogP contribution is 2.33. The third-order valence-corrected chi connectivity index (χ3v) is 6.09. The predicted octanol–water partition coefficient (Wildman–Crippen LogP) is 6.27. The first-order valence-corrected chi connectivity index (χ1v) is 11.2. The molecule has 1 aliphatic rings. The normalized spacial score (nSPS) is 12.8. The molecule has 4 nitrogen and oxygen atoms in total. The number of carbonyl (C=O) groups excluding carboxylic acids is 1. The van der Waals surface area contributed by atoms with Crippen LogP contribution >= 0.6 is 15.9 Å². The van der Waals surface area contributed by atoms with Crippen molar-refractivity contribution in [2.45, 2.75) is 13.3 Å². The van der Waals surface area contributed by atoms with Crippen LogP contribution < -0.4 is 9.64 Å². The van der Waals surface area contributed by atoms with E-state index in [9.17, 15) is 4.79 Å². The second-order valence-electron chi connectivity index (χ2n) is 7.51. The van der Waals surface area contributed by atoms with Crippen LogP contribution in [0.25, 0.3) is 22.2 Å². The number of aromatic nitrogens is 1. The van der Waals surface area contributed by atoms with Crippen molar-refractivity contribution in [3.63, 3.8) is 0 Å². The molecule has 5 rings (SSSR count). The van der Waals surface area contributed by atoms with E-state index in [1.165, 1.54) is 5.56 Å². The van der Waals surface area contributed by atoms with Gasteiger partial charge in [-0.2, -0.15) is 0 Å². The fourth-order valence-corrected chi connectivity index (χ4v) is 4.47. The fraction of sp³-hybridized carbons (Fsp3) is 0.154. The topological polar surface area (TPSA) is 42.4 Å². The zero-order valence-corrected chi connectivity index (χ0v) is 18.7. The van der Waals surface area contributed by atoms with Crippen LogP contribution in [0, 0.1) is 0 Å². The Bertz CT molecular complexity index is 1280. The minimum absolute atomic E-state index is 0.00244. The molecule has 0 saturated carbocycles. The summed E-state index contributed by atoms with van der Waals surface area (Å²) in [7, 11) is 0. The molecule has 5 heteroatoms. The lowest BCUT2D eigenvalue weighted by molar-refractivity contribution is 0.0991. The molecule has 0 unspecified atom stereocenters. The van der Waals surface area contributed by atoms with Crippen LogP contribution in [0.4, 0.5) is 5.69 Å². The van der Waals surface area contributed by atoms with E-state index in [1.54, 1.807) is 0 Å². The molecule has 0 N–H and O–H groups in total. The smallest absolute Gasteiger partial charge is 0.259 e. The molecule has 0 bridgehead atoms. The van der Waals surface area contributed by atoms with E-state index in [4.69, 9.17) is 9.72 Å². The minimum atomic E-state index is 0.00244. The number of amides is 1. The largest absolute Gasteiger partial charge is 0.494 e.